The van der Waals surface area contributed by atoms with Gasteiger partial charge < -0.3 is 24.2 Å². The lowest BCUT2D eigenvalue weighted by molar-refractivity contribution is -0.235. The quantitative estimate of drug-likeness (QED) is 0.540. The zero-order chi connectivity index (χ0) is 18.6. The molecule has 1 aromatic heterocycles. The van der Waals surface area contributed by atoms with Gasteiger partial charge in [-0.1, -0.05) is 13.8 Å². The molecule has 1 aliphatic rings. The Kier molecular flexibility index (Phi) is 6.37. The predicted molar refractivity (Wildman–Crippen MR) is 92.0 cm³/mol. The summed E-state index contributed by atoms with van der Waals surface area (Å²) in [6.45, 7) is 6.22. The van der Waals surface area contributed by atoms with Crippen LogP contribution in [-0.2, 0) is 25.4 Å². The fourth-order valence-electron chi connectivity index (χ4n) is 3.25. The highest BCUT2D eigenvalue weighted by Crippen LogP contribution is 2.41. The number of aromatic hydroxyl groups is 1. The molecule has 0 aromatic carbocycles. The zero-order valence-corrected chi connectivity index (χ0v) is 15.6. The molecular formula is C18H28N2O5. The van der Waals surface area contributed by atoms with Crippen molar-refractivity contribution in [2.75, 3.05) is 27.7 Å². The van der Waals surface area contributed by atoms with E-state index in [0.717, 1.165) is 6.42 Å². The Hall–Kier alpha value is -1.70. The number of nitrogens with zero attached hydrogens (tertiary/aromatic N) is 2. The number of aryl methyl sites for hydroxylation is 1. The molecule has 1 N–H and O–H groups in total. The third kappa shape index (κ3) is 3.94. The number of aromatic nitrogens is 1. The molecule has 7 nitrogen and oxygen atoms in total. The number of pyridine rings is 1. The standard InChI is InChI=1S/C18H28N2O5/c1-12(2)6-16-18(25-11-24-5,17(22)20(16)10-23-4)8-14-7-15(21)13(3)9-19-14/h7,9,12,16H,6,8,10-11H2,1-5H3,(H,19,21). The maximum Gasteiger partial charge on any atom is 0.259 e. The van der Waals surface area contributed by atoms with Crippen molar-refractivity contribution in [3.8, 4) is 5.75 Å². The maximum absolute atomic E-state index is 12.9. The monoisotopic (exact) mass is 352 g/mol. The van der Waals surface area contributed by atoms with Crippen molar-refractivity contribution in [2.45, 2.75) is 45.3 Å². The Morgan fingerprint density at radius 1 is 1.36 bits per heavy atom. The molecule has 25 heavy (non-hydrogen) atoms. The number of methoxy groups -OCH3 is 2. The van der Waals surface area contributed by atoms with Crippen LogP contribution >= 0.6 is 0 Å². The minimum absolute atomic E-state index is 0.0129. The topological polar surface area (TPSA) is 81.1 Å². The lowest BCUT2D eigenvalue weighted by Gasteiger charge is -2.55. The minimum Gasteiger partial charge on any atom is -0.508 e. The van der Waals surface area contributed by atoms with E-state index in [1.807, 2.05) is 0 Å². The number of ether oxygens (including phenoxy) is 3. The van der Waals surface area contributed by atoms with Gasteiger partial charge in [-0.05, 0) is 19.3 Å². The highest BCUT2D eigenvalue weighted by atomic mass is 16.7. The van der Waals surface area contributed by atoms with Crippen molar-refractivity contribution in [3.05, 3.63) is 23.5 Å². The van der Waals surface area contributed by atoms with Gasteiger partial charge in [0.15, 0.2) is 5.60 Å². The number of likely N-dealkylation sites (tertiary alicyclic amines) is 1. The van der Waals surface area contributed by atoms with Gasteiger partial charge in [0.1, 0.15) is 19.3 Å². The maximum atomic E-state index is 12.9. The van der Waals surface area contributed by atoms with Crippen LogP contribution in [0.25, 0.3) is 0 Å². The summed E-state index contributed by atoms with van der Waals surface area (Å²) >= 11 is 0. The molecule has 0 radical (unpaired) electrons. The summed E-state index contributed by atoms with van der Waals surface area (Å²) in [6.07, 6.45) is 2.65. The Balaban J connectivity index is 2.33. The van der Waals surface area contributed by atoms with E-state index in [1.165, 1.54) is 7.11 Å². The molecule has 1 amide bonds. The van der Waals surface area contributed by atoms with Gasteiger partial charge >= 0.3 is 0 Å². The number of hydrogen-bond acceptors (Lipinski definition) is 6. The molecule has 1 saturated heterocycles. The van der Waals surface area contributed by atoms with Crippen molar-refractivity contribution >= 4 is 5.91 Å². The first-order valence-electron chi connectivity index (χ1n) is 8.43. The lowest BCUT2D eigenvalue weighted by atomic mass is 9.75. The second kappa shape index (κ2) is 8.12. The van der Waals surface area contributed by atoms with Crippen LogP contribution < -0.4 is 0 Å². The highest BCUT2D eigenvalue weighted by molar-refractivity contribution is 5.93. The number of amides is 1. The number of rotatable bonds is 9. The van der Waals surface area contributed by atoms with Gasteiger partial charge in [0.05, 0.1) is 6.04 Å². The molecule has 0 saturated carbocycles. The third-order valence-corrected chi connectivity index (χ3v) is 4.51. The van der Waals surface area contributed by atoms with Crippen molar-refractivity contribution in [2.24, 2.45) is 5.92 Å². The Morgan fingerprint density at radius 2 is 2.08 bits per heavy atom. The number of carbonyl (C=O) groups is 1. The van der Waals surface area contributed by atoms with Crippen molar-refractivity contribution in [1.82, 2.24) is 9.88 Å². The summed E-state index contributed by atoms with van der Waals surface area (Å²) in [5.74, 6) is 0.397. The molecule has 0 bridgehead atoms. The second-order valence-electron chi connectivity index (χ2n) is 6.92. The van der Waals surface area contributed by atoms with Gasteiger partial charge in [-0.2, -0.15) is 0 Å². The lowest BCUT2D eigenvalue weighted by Crippen LogP contribution is -2.76. The van der Waals surface area contributed by atoms with Crippen LogP contribution in [-0.4, -0.2) is 60.3 Å². The largest absolute Gasteiger partial charge is 0.508 e. The molecule has 1 aliphatic heterocycles. The summed E-state index contributed by atoms with van der Waals surface area (Å²) in [5, 5.41) is 9.96. The predicted octanol–water partition coefficient (Wildman–Crippen LogP) is 1.86. The SMILES string of the molecule is COCOC1(Cc2cc(O)c(C)cn2)C(=O)N(COC)C1CC(C)C. The molecule has 2 heterocycles. The van der Waals surface area contributed by atoms with Gasteiger partial charge in [-0.15, -0.1) is 0 Å². The van der Waals surface area contributed by atoms with Gasteiger partial charge in [-0.3, -0.25) is 9.78 Å². The molecular weight excluding hydrogens is 324 g/mol. The number of hydrogen-bond donors (Lipinski definition) is 1. The average Bonchev–Trinajstić information content (AvgIpc) is 2.57. The van der Waals surface area contributed by atoms with E-state index >= 15 is 0 Å². The summed E-state index contributed by atoms with van der Waals surface area (Å²) < 4.78 is 16.1. The molecule has 0 spiro atoms. The van der Waals surface area contributed by atoms with Crippen LogP contribution in [0.1, 0.15) is 31.5 Å². The van der Waals surface area contributed by atoms with E-state index in [9.17, 15) is 9.90 Å². The van der Waals surface area contributed by atoms with Crippen LogP contribution in [0.2, 0.25) is 0 Å². The zero-order valence-electron chi connectivity index (χ0n) is 15.6. The Labute approximate surface area is 148 Å². The Bertz CT molecular complexity index is 607. The summed E-state index contributed by atoms with van der Waals surface area (Å²) in [5.41, 5.74) is 0.252. The van der Waals surface area contributed by atoms with Gasteiger partial charge in [0.2, 0.25) is 0 Å². The van der Waals surface area contributed by atoms with E-state index in [0.29, 0.717) is 17.2 Å². The van der Waals surface area contributed by atoms with Crippen molar-refractivity contribution in [1.29, 1.82) is 0 Å². The van der Waals surface area contributed by atoms with Gasteiger partial charge in [0.25, 0.3) is 5.91 Å². The number of β-lactam (4-membered cyclic amide) rings is 1. The van der Waals surface area contributed by atoms with E-state index in [-0.39, 0.29) is 37.6 Å². The van der Waals surface area contributed by atoms with E-state index in [4.69, 9.17) is 14.2 Å². The average molecular weight is 352 g/mol. The smallest absolute Gasteiger partial charge is 0.259 e. The first-order chi connectivity index (χ1) is 11.9. The van der Waals surface area contributed by atoms with Gasteiger partial charge in [-0.25, -0.2) is 0 Å². The highest BCUT2D eigenvalue weighted by Gasteiger charge is 2.61. The van der Waals surface area contributed by atoms with Crippen molar-refractivity contribution < 1.29 is 24.1 Å². The van der Waals surface area contributed by atoms with E-state index < -0.39 is 5.60 Å². The van der Waals surface area contributed by atoms with Crippen LogP contribution in [0.3, 0.4) is 0 Å². The van der Waals surface area contributed by atoms with Crippen LogP contribution in [0.15, 0.2) is 12.3 Å². The molecule has 7 heteroatoms. The van der Waals surface area contributed by atoms with Crippen molar-refractivity contribution in [3.63, 3.8) is 0 Å². The van der Waals surface area contributed by atoms with E-state index in [1.54, 1.807) is 31.2 Å². The van der Waals surface area contributed by atoms with E-state index in [2.05, 4.69) is 18.8 Å². The van der Waals surface area contributed by atoms with Crippen LogP contribution in [0, 0.1) is 12.8 Å². The number of carbonyl (C=O) groups excluding carboxylic acids is 1. The molecule has 2 unspecified atom stereocenters. The molecule has 0 aliphatic carbocycles. The minimum atomic E-state index is -1.05. The first-order valence-corrected chi connectivity index (χ1v) is 8.43. The molecule has 1 aromatic rings. The third-order valence-electron chi connectivity index (χ3n) is 4.51. The molecule has 1 fully saturated rings. The first kappa shape index (κ1) is 19.6. The molecule has 140 valence electrons. The normalized spacial score (nSPS) is 23.2. The van der Waals surface area contributed by atoms with Crippen LogP contribution in [0.4, 0.5) is 0 Å². The molecule has 2 atom stereocenters. The second-order valence-corrected chi connectivity index (χ2v) is 6.92. The summed E-state index contributed by atoms with van der Waals surface area (Å²) in [6, 6.07) is 1.45. The fourth-order valence-corrected chi connectivity index (χ4v) is 3.25. The Morgan fingerprint density at radius 3 is 2.64 bits per heavy atom. The summed E-state index contributed by atoms with van der Waals surface area (Å²) in [7, 11) is 3.09. The summed E-state index contributed by atoms with van der Waals surface area (Å²) in [4.78, 5) is 18.9. The molecule has 2 rings (SSSR count). The van der Waals surface area contributed by atoms with Crippen LogP contribution in [0.5, 0.6) is 5.75 Å². The van der Waals surface area contributed by atoms with Gasteiger partial charge in [0, 0.05) is 44.2 Å². The fraction of sp³-hybridized carbons (Fsp3) is 0.667.